The molecule has 0 aliphatic carbocycles. The van der Waals surface area contributed by atoms with Crippen LogP contribution in [0.25, 0.3) is 0 Å². The van der Waals surface area contributed by atoms with Crippen molar-refractivity contribution < 1.29 is 4.74 Å². The molecule has 0 aromatic carbocycles. The molecule has 0 aromatic heterocycles. The Morgan fingerprint density at radius 2 is 2.00 bits per heavy atom. The van der Waals surface area contributed by atoms with Crippen LogP contribution >= 0.6 is 0 Å². The summed E-state index contributed by atoms with van der Waals surface area (Å²) in [5.74, 6) is 0.140. The van der Waals surface area contributed by atoms with Crippen LogP contribution in [0.15, 0.2) is 0 Å². The third-order valence-electron chi connectivity index (χ3n) is 3.44. The molecule has 13 heavy (non-hydrogen) atoms. The smallest absolute Gasteiger partial charge is 0.0663 e. The van der Waals surface area contributed by atoms with Gasteiger partial charge in [0.05, 0.1) is 25.2 Å². The van der Waals surface area contributed by atoms with Gasteiger partial charge in [0.1, 0.15) is 0 Å². The fourth-order valence-electron chi connectivity index (χ4n) is 2.08. The summed E-state index contributed by atoms with van der Waals surface area (Å²) in [6, 6.07) is 2.42. The van der Waals surface area contributed by atoms with E-state index in [4.69, 9.17) is 10.00 Å². The van der Waals surface area contributed by atoms with Crippen molar-refractivity contribution in [3.05, 3.63) is 0 Å². The molecule has 2 nitrogen and oxygen atoms in total. The summed E-state index contributed by atoms with van der Waals surface area (Å²) in [6.45, 7) is 10.2. The highest BCUT2D eigenvalue weighted by Crippen LogP contribution is 2.51. The lowest BCUT2D eigenvalue weighted by atomic mass is 9.58. The molecule has 1 atom stereocenters. The molecule has 0 N–H and O–H groups in total. The van der Waals surface area contributed by atoms with E-state index in [0.29, 0.717) is 0 Å². The molecule has 0 bridgehead atoms. The lowest BCUT2D eigenvalue weighted by molar-refractivity contribution is -0.191. The van der Waals surface area contributed by atoms with Gasteiger partial charge in [-0.15, -0.1) is 0 Å². The Hall–Kier alpha value is -0.550. The van der Waals surface area contributed by atoms with Crippen LogP contribution in [0.5, 0.6) is 0 Å². The van der Waals surface area contributed by atoms with Gasteiger partial charge in [0.25, 0.3) is 0 Å². The normalized spacial score (nSPS) is 23.0. The van der Waals surface area contributed by atoms with Gasteiger partial charge in [-0.3, -0.25) is 0 Å². The van der Waals surface area contributed by atoms with Crippen molar-refractivity contribution in [3.8, 4) is 6.07 Å². The zero-order valence-electron chi connectivity index (χ0n) is 9.05. The summed E-state index contributed by atoms with van der Waals surface area (Å²) in [7, 11) is 0. The van der Waals surface area contributed by atoms with Crippen LogP contribution in [0.3, 0.4) is 0 Å². The maximum absolute atomic E-state index is 9.08. The molecule has 0 radical (unpaired) electrons. The molecule has 1 aliphatic heterocycles. The van der Waals surface area contributed by atoms with Crippen LogP contribution in [0, 0.1) is 28.1 Å². The monoisotopic (exact) mass is 181 g/mol. The predicted molar refractivity (Wildman–Crippen MR) is 52.1 cm³/mol. The molecule has 0 saturated carbocycles. The second-order valence-corrected chi connectivity index (χ2v) is 4.99. The van der Waals surface area contributed by atoms with Gasteiger partial charge < -0.3 is 4.74 Å². The molecule has 0 amide bonds. The topological polar surface area (TPSA) is 33.0 Å². The van der Waals surface area contributed by atoms with E-state index in [9.17, 15) is 0 Å². The molecule has 1 fully saturated rings. The van der Waals surface area contributed by atoms with Crippen LogP contribution in [-0.4, -0.2) is 13.2 Å². The van der Waals surface area contributed by atoms with Gasteiger partial charge in [-0.1, -0.05) is 27.7 Å². The number of hydrogen-bond donors (Lipinski definition) is 0. The van der Waals surface area contributed by atoms with E-state index in [1.165, 1.54) is 0 Å². The van der Waals surface area contributed by atoms with Gasteiger partial charge in [-0.25, -0.2) is 0 Å². The van der Waals surface area contributed by atoms with Crippen molar-refractivity contribution in [2.24, 2.45) is 16.7 Å². The number of nitriles is 1. The number of hydrogen-bond acceptors (Lipinski definition) is 2. The van der Waals surface area contributed by atoms with Gasteiger partial charge in [0, 0.05) is 5.41 Å². The first kappa shape index (κ1) is 10.5. The first-order valence-electron chi connectivity index (χ1n) is 4.95. The van der Waals surface area contributed by atoms with E-state index in [1.54, 1.807) is 0 Å². The Kier molecular flexibility index (Phi) is 2.68. The van der Waals surface area contributed by atoms with E-state index < -0.39 is 0 Å². The predicted octanol–water partition coefficient (Wildman–Crippen LogP) is 2.60. The summed E-state index contributed by atoms with van der Waals surface area (Å²) < 4.78 is 5.30. The van der Waals surface area contributed by atoms with Crippen LogP contribution in [0.2, 0.25) is 0 Å². The largest absolute Gasteiger partial charge is 0.380 e. The zero-order valence-corrected chi connectivity index (χ0v) is 9.05. The van der Waals surface area contributed by atoms with Crippen LogP contribution < -0.4 is 0 Å². The van der Waals surface area contributed by atoms with Crippen LogP contribution in [-0.2, 0) is 4.74 Å². The molecular weight excluding hydrogens is 162 g/mol. The Morgan fingerprint density at radius 3 is 2.08 bits per heavy atom. The molecule has 2 heteroatoms. The SMILES string of the molecule is CCC(C#N)C1(C(C)(C)C)COC1. The van der Waals surface area contributed by atoms with Gasteiger partial charge in [0.2, 0.25) is 0 Å². The molecule has 1 unspecified atom stereocenters. The third-order valence-corrected chi connectivity index (χ3v) is 3.44. The minimum Gasteiger partial charge on any atom is -0.380 e. The number of rotatable bonds is 2. The summed E-state index contributed by atoms with van der Waals surface area (Å²) in [4.78, 5) is 0. The lowest BCUT2D eigenvalue weighted by Gasteiger charge is -2.53. The highest BCUT2D eigenvalue weighted by atomic mass is 16.5. The minimum atomic E-state index is 0.0938. The first-order chi connectivity index (χ1) is 5.98. The number of ether oxygens (including phenoxy) is 1. The minimum absolute atomic E-state index is 0.0938. The second-order valence-electron chi connectivity index (χ2n) is 4.99. The average molecular weight is 181 g/mol. The van der Waals surface area contributed by atoms with E-state index in [2.05, 4.69) is 33.8 Å². The number of nitrogens with zero attached hydrogens (tertiary/aromatic N) is 1. The Bertz CT molecular complexity index is 217. The van der Waals surface area contributed by atoms with Crippen molar-refractivity contribution in [1.82, 2.24) is 0 Å². The summed E-state index contributed by atoms with van der Waals surface area (Å²) in [6.07, 6.45) is 0.928. The molecular formula is C11H19NO. The van der Waals surface area contributed by atoms with Crippen molar-refractivity contribution in [2.45, 2.75) is 34.1 Å². The first-order valence-corrected chi connectivity index (χ1v) is 4.95. The molecule has 0 aromatic rings. The third kappa shape index (κ3) is 1.46. The van der Waals surface area contributed by atoms with E-state index >= 15 is 0 Å². The lowest BCUT2D eigenvalue weighted by Crippen LogP contribution is -2.56. The van der Waals surface area contributed by atoms with Crippen molar-refractivity contribution >= 4 is 0 Å². The van der Waals surface area contributed by atoms with Crippen LogP contribution in [0.1, 0.15) is 34.1 Å². The Morgan fingerprint density at radius 1 is 1.46 bits per heavy atom. The summed E-state index contributed by atoms with van der Waals surface area (Å²) >= 11 is 0. The summed E-state index contributed by atoms with van der Waals surface area (Å²) in [5, 5.41) is 9.08. The molecule has 1 rings (SSSR count). The van der Waals surface area contributed by atoms with Gasteiger partial charge in [-0.2, -0.15) is 5.26 Å². The Balaban J connectivity index is 2.88. The zero-order chi connectivity index (χ0) is 10.1. The van der Waals surface area contributed by atoms with Gasteiger partial charge >= 0.3 is 0 Å². The second kappa shape index (κ2) is 3.31. The molecule has 1 saturated heterocycles. The van der Waals surface area contributed by atoms with Crippen LogP contribution in [0.4, 0.5) is 0 Å². The summed E-state index contributed by atoms with van der Waals surface area (Å²) in [5.41, 5.74) is 0.262. The average Bonchev–Trinajstić information content (AvgIpc) is 1.93. The quantitative estimate of drug-likeness (QED) is 0.656. The van der Waals surface area contributed by atoms with Gasteiger partial charge in [-0.05, 0) is 11.8 Å². The Labute approximate surface area is 80.9 Å². The van der Waals surface area contributed by atoms with Gasteiger partial charge in [0.15, 0.2) is 0 Å². The van der Waals surface area contributed by atoms with E-state index in [-0.39, 0.29) is 16.7 Å². The maximum Gasteiger partial charge on any atom is 0.0663 e. The van der Waals surface area contributed by atoms with Crippen molar-refractivity contribution in [1.29, 1.82) is 5.26 Å². The van der Waals surface area contributed by atoms with E-state index in [0.717, 1.165) is 19.6 Å². The van der Waals surface area contributed by atoms with E-state index in [1.807, 2.05) is 0 Å². The van der Waals surface area contributed by atoms with Crippen molar-refractivity contribution in [3.63, 3.8) is 0 Å². The molecule has 74 valence electrons. The molecule has 1 heterocycles. The fraction of sp³-hybridized carbons (Fsp3) is 0.909. The fourth-order valence-corrected chi connectivity index (χ4v) is 2.08. The highest BCUT2D eigenvalue weighted by molar-refractivity contribution is 5.06. The maximum atomic E-state index is 9.08. The molecule has 0 spiro atoms. The highest BCUT2D eigenvalue weighted by Gasteiger charge is 2.53. The standard InChI is InChI=1S/C11H19NO/c1-5-9(6-12)11(7-13-8-11)10(2,3)4/h9H,5,7-8H2,1-4H3. The van der Waals surface area contributed by atoms with Crippen molar-refractivity contribution in [2.75, 3.05) is 13.2 Å². The molecule has 1 aliphatic rings.